The topological polar surface area (TPSA) is 101 Å². The van der Waals surface area contributed by atoms with Gasteiger partial charge in [-0.05, 0) is 75.0 Å². The molecule has 7 rings (SSSR count). The first-order valence-corrected chi connectivity index (χ1v) is 14.8. The zero-order valence-electron chi connectivity index (χ0n) is 24.1. The second-order valence-electron chi connectivity index (χ2n) is 11.8. The summed E-state index contributed by atoms with van der Waals surface area (Å²) in [4.78, 5) is 22.6. The molecule has 9 nitrogen and oxygen atoms in total. The van der Waals surface area contributed by atoms with E-state index in [1.807, 2.05) is 43.3 Å². The van der Waals surface area contributed by atoms with Crippen molar-refractivity contribution in [3.63, 3.8) is 0 Å². The van der Waals surface area contributed by atoms with Crippen LogP contribution in [-0.4, -0.2) is 73.6 Å². The number of fused-ring (bicyclic) bond motifs is 2. The van der Waals surface area contributed by atoms with Crippen molar-refractivity contribution in [2.45, 2.75) is 44.7 Å². The number of hydrogen-bond acceptors (Lipinski definition) is 8. The minimum Gasteiger partial charge on any atom is -0.383 e. The van der Waals surface area contributed by atoms with E-state index in [0.717, 1.165) is 59.3 Å². The van der Waals surface area contributed by atoms with Crippen molar-refractivity contribution in [2.75, 3.05) is 44.3 Å². The number of hydrogen-bond donors (Lipinski definition) is 2. The summed E-state index contributed by atoms with van der Waals surface area (Å²) in [7, 11) is 2.21. The van der Waals surface area contributed by atoms with E-state index in [2.05, 4.69) is 52.9 Å². The first-order valence-electron chi connectivity index (χ1n) is 14.8. The summed E-state index contributed by atoms with van der Waals surface area (Å²) in [5.74, 6) is 0.164. The second kappa shape index (κ2) is 10.9. The van der Waals surface area contributed by atoms with Crippen molar-refractivity contribution in [1.82, 2.24) is 34.3 Å². The highest BCUT2D eigenvalue weighted by Crippen LogP contribution is 2.39. The maximum Gasteiger partial charge on any atom is 0.230 e. The average molecular weight is 566 g/mol. The number of anilines is 3. The Morgan fingerprint density at radius 1 is 0.905 bits per heavy atom. The Hall–Kier alpha value is -4.15. The standard InChI is InChI=1S/C32H36FN9/c1-20-3-12-25-27(17-20)38-32(39-29(25)33)37-22-6-4-21(5-7-22)26-18-42(31-28(26)30(34)35-19-36-31)24-10-8-23(9-11-24)41-15-13-40(2)14-16-41/h3-7,12,17-19,23-24H,8-11,13-16H2,1-2H3,(H2,34,35,36)(H,37,38,39)/t23-,24-. The monoisotopic (exact) mass is 565 g/mol. The summed E-state index contributed by atoms with van der Waals surface area (Å²) in [6.45, 7) is 6.60. The van der Waals surface area contributed by atoms with Crippen LogP contribution in [0.2, 0.25) is 0 Å². The molecule has 42 heavy (non-hydrogen) atoms. The van der Waals surface area contributed by atoms with Crippen molar-refractivity contribution >= 4 is 39.4 Å². The fourth-order valence-corrected chi connectivity index (χ4v) is 6.61. The molecule has 0 atom stereocenters. The molecule has 1 saturated carbocycles. The van der Waals surface area contributed by atoms with E-state index in [1.165, 1.54) is 25.9 Å². The number of nitrogens with zero attached hydrogens (tertiary/aromatic N) is 7. The summed E-state index contributed by atoms with van der Waals surface area (Å²) in [6, 6.07) is 14.4. The highest BCUT2D eigenvalue weighted by Gasteiger charge is 2.30. The molecule has 0 amide bonds. The Morgan fingerprint density at radius 2 is 1.64 bits per heavy atom. The van der Waals surface area contributed by atoms with Crippen molar-refractivity contribution in [2.24, 2.45) is 0 Å². The molecule has 2 aliphatic rings. The number of nitrogens with two attached hydrogens (primary N) is 1. The van der Waals surface area contributed by atoms with Gasteiger partial charge in [-0.2, -0.15) is 9.37 Å². The lowest BCUT2D eigenvalue weighted by atomic mass is 9.89. The SMILES string of the molecule is Cc1ccc2c(F)nc(Nc3ccc(-c4cn([C@H]5CC[C@H](N6CCN(C)CC6)CC5)c5ncnc(N)c45)cc3)nc2c1. The molecular weight excluding hydrogens is 529 g/mol. The number of halogens is 1. The zero-order valence-corrected chi connectivity index (χ0v) is 24.1. The molecule has 3 aromatic heterocycles. The van der Waals surface area contributed by atoms with Crippen LogP contribution in [0.5, 0.6) is 0 Å². The summed E-state index contributed by atoms with van der Waals surface area (Å²) >= 11 is 0. The van der Waals surface area contributed by atoms with E-state index in [-0.39, 0.29) is 5.95 Å². The quantitative estimate of drug-likeness (QED) is 0.268. The molecule has 2 fully saturated rings. The van der Waals surface area contributed by atoms with E-state index in [1.54, 1.807) is 12.4 Å². The van der Waals surface area contributed by atoms with E-state index >= 15 is 0 Å². The lowest BCUT2D eigenvalue weighted by Crippen LogP contribution is -2.49. The van der Waals surface area contributed by atoms with E-state index in [9.17, 15) is 4.39 Å². The third-order valence-corrected chi connectivity index (χ3v) is 9.01. The molecule has 1 aliphatic carbocycles. The van der Waals surface area contributed by atoms with Gasteiger partial charge in [0.2, 0.25) is 11.9 Å². The van der Waals surface area contributed by atoms with Gasteiger partial charge in [-0.1, -0.05) is 18.2 Å². The fraction of sp³-hybridized carbons (Fsp3) is 0.375. The van der Waals surface area contributed by atoms with Crippen LogP contribution in [0, 0.1) is 12.9 Å². The fourth-order valence-electron chi connectivity index (χ4n) is 6.61. The normalized spacial score (nSPS) is 20.4. The van der Waals surface area contributed by atoms with E-state index < -0.39 is 5.95 Å². The van der Waals surface area contributed by atoms with Crippen molar-refractivity contribution in [3.8, 4) is 11.1 Å². The number of aromatic nitrogens is 5. The van der Waals surface area contributed by atoms with Gasteiger partial charge in [-0.3, -0.25) is 4.90 Å². The molecule has 0 bridgehead atoms. The molecular formula is C32H36FN9. The number of likely N-dealkylation sites (N-methyl/N-ethyl adjacent to an activating group) is 1. The maximum atomic E-state index is 14.6. The Balaban J connectivity index is 1.13. The summed E-state index contributed by atoms with van der Waals surface area (Å²) in [6.07, 6.45) is 8.39. The van der Waals surface area contributed by atoms with Gasteiger partial charge in [0.25, 0.3) is 0 Å². The van der Waals surface area contributed by atoms with Gasteiger partial charge in [-0.15, -0.1) is 0 Å². The molecule has 0 radical (unpaired) electrons. The number of nitrogens with one attached hydrogen (secondary N) is 1. The van der Waals surface area contributed by atoms with Crippen LogP contribution in [0.4, 0.5) is 21.8 Å². The minimum atomic E-state index is -0.542. The van der Waals surface area contributed by atoms with Crippen LogP contribution in [0.3, 0.4) is 0 Å². The van der Waals surface area contributed by atoms with Crippen molar-refractivity contribution in [3.05, 3.63) is 66.5 Å². The molecule has 4 heterocycles. The summed E-state index contributed by atoms with van der Waals surface area (Å²) in [5, 5.41) is 4.44. The van der Waals surface area contributed by atoms with E-state index in [0.29, 0.717) is 28.8 Å². The summed E-state index contributed by atoms with van der Waals surface area (Å²) in [5.41, 5.74) is 11.7. The van der Waals surface area contributed by atoms with Gasteiger partial charge >= 0.3 is 0 Å². The molecule has 1 saturated heterocycles. The Morgan fingerprint density at radius 3 is 2.40 bits per heavy atom. The Kier molecular flexibility index (Phi) is 6.95. The van der Waals surface area contributed by atoms with Crippen LogP contribution >= 0.6 is 0 Å². The molecule has 5 aromatic rings. The number of benzene rings is 2. The van der Waals surface area contributed by atoms with Crippen molar-refractivity contribution in [1.29, 1.82) is 0 Å². The number of nitrogen functional groups attached to an aromatic ring is 1. The third kappa shape index (κ3) is 5.05. The Labute approximate surface area is 244 Å². The summed E-state index contributed by atoms with van der Waals surface area (Å²) < 4.78 is 16.9. The van der Waals surface area contributed by atoms with Crippen molar-refractivity contribution < 1.29 is 4.39 Å². The predicted octanol–water partition coefficient (Wildman–Crippen LogP) is 5.55. The lowest BCUT2D eigenvalue weighted by molar-refractivity contribution is 0.0828. The molecule has 216 valence electrons. The molecule has 2 aromatic carbocycles. The average Bonchev–Trinajstić information content (AvgIpc) is 3.39. The van der Waals surface area contributed by atoms with Gasteiger partial charge in [-0.25, -0.2) is 15.0 Å². The van der Waals surface area contributed by atoms with Crippen LogP contribution in [-0.2, 0) is 0 Å². The first-order chi connectivity index (χ1) is 20.4. The van der Waals surface area contributed by atoms with Gasteiger partial charge in [0.05, 0.1) is 16.3 Å². The number of piperazine rings is 1. The van der Waals surface area contributed by atoms with Crippen LogP contribution in [0.25, 0.3) is 33.1 Å². The molecule has 10 heteroatoms. The zero-order chi connectivity index (χ0) is 28.8. The molecule has 1 aliphatic heterocycles. The molecule has 0 spiro atoms. The maximum absolute atomic E-state index is 14.6. The van der Waals surface area contributed by atoms with Crippen LogP contribution in [0.15, 0.2) is 55.0 Å². The lowest BCUT2D eigenvalue weighted by Gasteiger charge is -2.41. The predicted molar refractivity (Wildman–Crippen MR) is 165 cm³/mol. The van der Waals surface area contributed by atoms with Crippen LogP contribution in [0.1, 0.15) is 37.3 Å². The Bertz CT molecular complexity index is 1730. The number of rotatable bonds is 5. The third-order valence-electron chi connectivity index (χ3n) is 9.01. The van der Waals surface area contributed by atoms with E-state index in [4.69, 9.17) is 5.73 Å². The first kappa shape index (κ1) is 26.7. The van der Waals surface area contributed by atoms with Gasteiger partial charge in [0.1, 0.15) is 17.8 Å². The van der Waals surface area contributed by atoms with Gasteiger partial charge in [0, 0.05) is 55.7 Å². The molecule has 0 unspecified atom stereocenters. The highest BCUT2D eigenvalue weighted by molar-refractivity contribution is 6.00. The number of aryl methyl sites for hydroxylation is 1. The highest BCUT2D eigenvalue weighted by atomic mass is 19.1. The molecule has 3 N–H and O–H groups in total. The second-order valence-corrected chi connectivity index (χ2v) is 11.8. The van der Waals surface area contributed by atoms with Gasteiger partial charge in [0.15, 0.2) is 0 Å². The van der Waals surface area contributed by atoms with Crippen LogP contribution < -0.4 is 11.1 Å². The van der Waals surface area contributed by atoms with Gasteiger partial charge < -0.3 is 20.5 Å². The minimum absolute atomic E-state index is 0.222. The smallest absolute Gasteiger partial charge is 0.230 e. The largest absolute Gasteiger partial charge is 0.383 e.